The Kier molecular flexibility index (Phi) is 3.64. The molecule has 0 amide bonds. The first-order chi connectivity index (χ1) is 12.3. The number of methoxy groups -OCH3 is 1. The second-order valence-electron chi connectivity index (χ2n) is 7.32. The fraction of sp³-hybridized carbons (Fsp3) is 0.474. The third-order valence-corrected chi connectivity index (χ3v) is 5.63. The van der Waals surface area contributed by atoms with Crippen molar-refractivity contribution in [3.8, 4) is 0 Å². The highest BCUT2D eigenvalue weighted by atomic mass is 16.5. The molecule has 136 valence electrons. The molecule has 1 aliphatic carbocycles. The SMILES string of the molecule is COC(=O)C1[C@H]2CN(c3nc4c(C(C)=O)cc(C)cc4c(=O)n3C)C[C@@H]12. The molecular formula is C19H21N3O4. The predicted octanol–water partition coefficient (Wildman–Crippen LogP) is 1.30. The second kappa shape index (κ2) is 5.65. The van der Waals surface area contributed by atoms with Crippen molar-refractivity contribution in [3.63, 3.8) is 0 Å². The highest BCUT2D eigenvalue weighted by Crippen LogP contribution is 2.52. The summed E-state index contributed by atoms with van der Waals surface area (Å²) in [6.45, 7) is 4.67. The van der Waals surface area contributed by atoms with Crippen molar-refractivity contribution in [2.45, 2.75) is 13.8 Å². The third kappa shape index (κ3) is 2.34. The summed E-state index contributed by atoms with van der Waals surface area (Å²) < 4.78 is 6.37. The van der Waals surface area contributed by atoms with Crippen LogP contribution >= 0.6 is 0 Å². The number of Topliss-reactive ketones (excluding diaryl/α,β-unsaturated/α-hetero) is 1. The number of benzene rings is 1. The van der Waals surface area contributed by atoms with Crippen LogP contribution < -0.4 is 10.5 Å². The van der Waals surface area contributed by atoms with E-state index in [9.17, 15) is 14.4 Å². The van der Waals surface area contributed by atoms with Crippen LogP contribution in [0.4, 0.5) is 5.95 Å². The number of carbonyl (C=O) groups excluding carboxylic acids is 2. The van der Waals surface area contributed by atoms with Crippen LogP contribution in [0.1, 0.15) is 22.8 Å². The summed E-state index contributed by atoms with van der Waals surface area (Å²) in [6, 6.07) is 3.55. The van der Waals surface area contributed by atoms with Crippen LogP contribution in [0.2, 0.25) is 0 Å². The van der Waals surface area contributed by atoms with Crippen LogP contribution in [-0.2, 0) is 16.6 Å². The molecule has 26 heavy (non-hydrogen) atoms. The van der Waals surface area contributed by atoms with Gasteiger partial charge in [-0.15, -0.1) is 0 Å². The molecule has 0 bridgehead atoms. The molecule has 1 saturated carbocycles. The van der Waals surface area contributed by atoms with Crippen LogP contribution in [0.3, 0.4) is 0 Å². The van der Waals surface area contributed by atoms with Crippen molar-refractivity contribution in [1.82, 2.24) is 9.55 Å². The maximum Gasteiger partial charge on any atom is 0.309 e. The first-order valence-electron chi connectivity index (χ1n) is 8.68. The van der Waals surface area contributed by atoms with E-state index in [1.54, 1.807) is 19.2 Å². The number of fused-ring (bicyclic) bond motifs is 2. The molecular weight excluding hydrogens is 334 g/mol. The number of ether oxygens (including phenoxy) is 1. The van der Waals surface area contributed by atoms with Gasteiger partial charge in [-0.3, -0.25) is 19.0 Å². The number of piperidine rings is 1. The summed E-state index contributed by atoms with van der Waals surface area (Å²) in [5.74, 6) is 0.740. The standard InChI is InChI=1S/C19H21N3O4/c1-9-5-11(10(2)23)16-12(6-9)17(24)21(3)19(20-16)22-7-13-14(8-22)15(13)18(25)26-4/h5-6,13-15H,7-8H2,1-4H3/t13-,14+,15?. The smallest absolute Gasteiger partial charge is 0.309 e. The molecule has 3 atom stereocenters. The normalized spacial score (nSPS) is 23.8. The molecule has 2 aromatic rings. The van der Waals surface area contributed by atoms with E-state index >= 15 is 0 Å². The maximum absolute atomic E-state index is 12.9. The van der Waals surface area contributed by atoms with Gasteiger partial charge in [-0.1, -0.05) is 0 Å². The molecule has 0 radical (unpaired) electrons. The average Bonchev–Trinajstić information content (AvgIpc) is 3.10. The molecule has 2 heterocycles. The number of aromatic nitrogens is 2. The van der Waals surface area contributed by atoms with Crippen molar-refractivity contribution in [2.24, 2.45) is 24.8 Å². The number of nitrogens with zero attached hydrogens (tertiary/aromatic N) is 3. The van der Waals surface area contributed by atoms with Crippen LogP contribution in [0.25, 0.3) is 10.9 Å². The van der Waals surface area contributed by atoms with Gasteiger partial charge in [0.15, 0.2) is 5.78 Å². The first-order valence-corrected chi connectivity index (χ1v) is 8.68. The quantitative estimate of drug-likeness (QED) is 0.610. The summed E-state index contributed by atoms with van der Waals surface area (Å²) >= 11 is 0. The summed E-state index contributed by atoms with van der Waals surface area (Å²) in [4.78, 5) is 43.3. The van der Waals surface area contributed by atoms with Gasteiger partial charge in [-0.05, 0) is 43.4 Å². The van der Waals surface area contributed by atoms with Crippen LogP contribution in [0.15, 0.2) is 16.9 Å². The Labute approximate surface area is 150 Å². The predicted molar refractivity (Wildman–Crippen MR) is 96.4 cm³/mol. The first kappa shape index (κ1) is 16.8. The van der Waals surface area contributed by atoms with E-state index in [2.05, 4.69) is 4.98 Å². The van der Waals surface area contributed by atoms with Crippen molar-refractivity contribution >= 4 is 28.6 Å². The number of ketones is 1. The van der Waals surface area contributed by atoms with E-state index in [-0.39, 0.29) is 35.1 Å². The van der Waals surface area contributed by atoms with E-state index in [4.69, 9.17) is 4.74 Å². The van der Waals surface area contributed by atoms with Gasteiger partial charge >= 0.3 is 5.97 Å². The average molecular weight is 355 g/mol. The molecule has 2 aliphatic rings. The summed E-state index contributed by atoms with van der Waals surface area (Å²) in [5, 5.41) is 0.457. The number of aryl methyl sites for hydroxylation is 1. The van der Waals surface area contributed by atoms with Gasteiger partial charge in [0.25, 0.3) is 5.56 Å². The summed E-state index contributed by atoms with van der Waals surface area (Å²) in [5.41, 5.74) is 1.61. The lowest BCUT2D eigenvalue weighted by Gasteiger charge is -2.23. The zero-order valence-electron chi connectivity index (χ0n) is 15.3. The van der Waals surface area contributed by atoms with Gasteiger partial charge < -0.3 is 9.64 Å². The largest absolute Gasteiger partial charge is 0.469 e. The lowest BCUT2D eigenvalue weighted by Crippen LogP contribution is -2.33. The minimum atomic E-state index is -0.165. The Morgan fingerprint density at radius 1 is 1.23 bits per heavy atom. The molecule has 7 nitrogen and oxygen atoms in total. The molecule has 4 rings (SSSR count). The van der Waals surface area contributed by atoms with Crippen molar-refractivity contribution in [2.75, 3.05) is 25.1 Å². The van der Waals surface area contributed by atoms with Crippen molar-refractivity contribution in [3.05, 3.63) is 33.6 Å². The van der Waals surface area contributed by atoms with Crippen LogP contribution in [0, 0.1) is 24.7 Å². The van der Waals surface area contributed by atoms with E-state index in [1.807, 2.05) is 11.8 Å². The van der Waals surface area contributed by atoms with E-state index < -0.39 is 0 Å². The Balaban J connectivity index is 1.76. The van der Waals surface area contributed by atoms with E-state index in [0.29, 0.717) is 35.5 Å². The monoisotopic (exact) mass is 355 g/mol. The molecule has 2 fully saturated rings. The number of hydrogen-bond acceptors (Lipinski definition) is 6. The number of rotatable bonds is 3. The second-order valence-corrected chi connectivity index (χ2v) is 7.32. The van der Waals surface area contributed by atoms with Gasteiger partial charge in [0.1, 0.15) is 0 Å². The summed E-state index contributed by atoms with van der Waals surface area (Å²) in [6.07, 6.45) is 0. The minimum absolute atomic E-state index is 0.0378. The van der Waals surface area contributed by atoms with E-state index in [0.717, 1.165) is 5.56 Å². The molecule has 0 spiro atoms. The number of esters is 1. The van der Waals surface area contributed by atoms with Crippen LogP contribution in [0.5, 0.6) is 0 Å². The molecule has 1 aromatic carbocycles. The fourth-order valence-corrected chi connectivity index (χ4v) is 4.24. The molecule has 1 unspecified atom stereocenters. The highest BCUT2D eigenvalue weighted by Gasteiger charge is 2.60. The Morgan fingerprint density at radius 3 is 2.46 bits per heavy atom. The van der Waals surface area contributed by atoms with Gasteiger partial charge in [-0.2, -0.15) is 0 Å². The van der Waals surface area contributed by atoms with Gasteiger partial charge in [0, 0.05) is 25.7 Å². The molecule has 1 aliphatic heterocycles. The lowest BCUT2D eigenvalue weighted by molar-refractivity contribution is -0.142. The maximum atomic E-state index is 12.9. The molecule has 7 heteroatoms. The number of anilines is 1. The topological polar surface area (TPSA) is 81.5 Å². The molecule has 1 saturated heterocycles. The zero-order valence-corrected chi connectivity index (χ0v) is 15.3. The Morgan fingerprint density at radius 2 is 1.88 bits per heavy atom. The van der Waals surface area contributed by atoms with E-state index in [1.165, 1.54) is 18.6 Å². The van der Waals surface area contributed by atoms with Gasteiger partial charge in [-0.25, -0.2) is 4.98 Å². The number of carbonyl (C=O) groups is 2. The third-order valence-electron chi connectivity index (χ3n) is 5.63. The van der Waals surface area contributed by atoms with Crippen molar-refractivity contribution < 1.29 is 14.3 Å². The fourth-order valence-electron chi connectivity index (χ4n) is 4.24. The molecule has 0 N–H and O–H groups in total. The lowest BCUT2D eigenvalue weighted by atomic mass is 10.0. The van der Waals surface area contributed by atoms with Gasteiger partial charge in [0.05, 0.1) is 23.9 Å². The Hall–Kier alpha value is -2.70. The molecule has 1 aromatic heterocycles. The van der Waals surface area contributed by atoms with Gasteiger partial charge in [0.2, 0.25) is 5.95 Å². The Bertz CT molecular complexity index is 998. The summed E-state index contributed by atoms with van der Waals surface area (Å²) in [7, 11) is 3.11. The minimum Gasteiger partial charge on any atom is -0.469 e. The zero-order chi connectivity index (χ0) is 18.7. The number of hydrogen-bond donors (Lipinski definition) is 0. The van der Waals surface area contributed by atoms with Crippen molar-refractivity contribution in [1.29, 1.82) is 0 Å². The highest BCUT2D eigenvalue weighted by molar-refractivity contribution is 6.05. The van der Waals surface area contributed by atoms with Crippen LogP contribution in [-0.4, -0.2) is 41.5 Å².